The first-order valence-corrected chi connectivity index (χ1v) is 12.7. The predicted octanol–water partition coefficient (Wildman–Crippen LogP) is 3.07. The fraction of sp³-hybridized carbons (Fsp3) is 0.160. The van der Waals surface area contributed by atoms with Crippen LogP contribution in [-0.2, 0) is 37.2 Å². The number of amides is 2. The number of carbonyl (C=O) groups is 3. The Hall–Kier alpha value is -3.53. The van der Waals surface area contributed by atoms with E-state index in [2.05, 4.69) is 5.32 Å². The number of sulfonamides is 1. The zero-order valence-corrected chi connectivity index (χ0v) is 20.1. The molecule has 0 unspecified atom stereocenters. The highest BCUT2D eigenvalue weighted by atomic mass is 35.5. The van der Waals surface area contributed by atoms with E-state index in [1.54, 1.807) is 60.7 Å². The molecule has 4 rings (SSSR count). The van der Waals surface area contributed by atoms with Crippen molar-refractivity contribution in [2.75, 3.05) is 16.8 Å². The molecule has 0 atom stereocenters. The van der Waals surface area contributed by atoms with E-state index in [0.29, 0.717) is 34.1 Å². The molecule has 3 N–H and O–H groups in total. The van der Waals surface area contributed by atoms with Crippen molar-refractivity contribution in [3.63, 3.8) is 0 Å². The Labute approximate surface area is 207 Å². The third-order valence-corrected chi connectivity index (χ3v) is 7.02. The van der Waals surface area contributed by atoms with Crippen molar-refractivity contribution in [1.29, 1.82) is 0 Å². The third-order valence-electron chi connectivity index (χ3n) is 5.66. The molecule has 3 aromatic rings. The highest BCUT2D eigenvalue weighted by molar-refractivity contribution is 7.89. The van der Waals surface area contributed by atoms with Gasteiger partial charge in [0.1, 0.15) is 0 Å². The molecular formula is C25H22ClN3O5S. The number of anilines is 2. The molecule has 35 heavy (non-hydrogen) atoms. The monoisotopic (exact) mass is 511 g/mol. The maximum absolute atomic E-state index is 12.5. The van der Waals surface area contributed by atoms with Gasteiger partial charge in [-0.2, -0.15) is 0 Å². The highest BCUT2D eigenvalue weighted by Crippen LogP contribution is 2.25. The van der Waals surface area contributed by atoms with E-state index in [-0.39, 0.29) is 30.1 Å². The van der Waals surface area contributed by atoms with Crippen LogP contribution in [0.3, 0.4) is 0 Å². The van der Waals surface area contributed by atoms with Crippen LogP contribution in [0.25, 0.3) is 0 Å². The second-order valence-electron chi connectivity index (χ2n) is 8.16. The average Bonchev–Trinajstić information content (AvgIpc) is 3.14. The number of nitrogens with two attached hydrogens (primary N) is 1. The van der Waals surface area contributed by atoms with Gasteiger partial charge in [-0.25, -0.2) is 13.6 Å². The van der Waals surface area contributed by atoms with Crippen LogP contribution >= 0.6 is 11.6 Å². The Bertz CT molecular complexity index is 1420. The molecule has 1 heterocycles. The van der Waals surface area contributed by atoms with Gasteiger partial charge in [0.2, 0.25) is 21.7 Å². The molecule has 2 amide bonds. The van der Waals surface area contributed by atoms with Crippen LogP contribution in [0, 0.1) is 0 Å². The molecule has 3 aromatic carbocycles. The van der Waals surface area contributed by atoms with Gasteiger partial charge >= 0.3 is 0 Å². The Morgan fingerprint density at radius 1 is 1.00 bits per heavy atom. The Morgan fingerprint density at radius 3 is 2.34 bits per heavy atom. The van der Waals surface area contributed by atoms with Gasteiger partial charge < -0.3 is 10.2 Å². The fourth-order valence-corrected chi connectivity index (χ4v) is 4.89. The summed E-state index contributed by atoms with van der Waals surface area (Å²) in [7, 11) is -4.07. The van der Waals surface area contributed by atoms with E-state index in [9.17, 15) is 22.8 Å². The molecule has 1 saturated heterocycles. The number of primary sulfonamides is 1. The lowest BCUT2D eigenvalue weighted by molar-refractivity contribution is -0.133. The lowest BCUT2D eigenvalue weighted by atomic mass is 10.0. The van der Waals surface area contributed by atoms with Crippen molar-refractivity contribution < 1.29 is 22.8 Å². The number of nitrogens with one attached hydrogen (secondary N) is 1. The first kappa shape index (κ1) is 24.6. The van der Waals surface area contributed by atoms with Gasteiger partial charge in [-0.1, -0.05) is 48.0 Å². The molecule has 8 nitrogen and oxygen atoms in total. The number of rotatable bonds is 7. The third kappa shape index (κ3) is 5.76. The number of ketones is 1. The Kier molecular flexibility index (Phi) is 7.02. The summed E-state index contributed by atoms with van der Waals surface area (Å²) >= 11 is 6.10. The number of benzene rings is 3. The standard InChI is InChI=1S/C25H22ClN3O5S/c26-21-4-2-1-3-17(21)14-24(31)28-19-8-7-18(23(15-19)35(27,33)34)13-16-5-9-20(10-6-16)29-12-11-22(30)25(29)32/h1-10,15H,11-14H2,(H,28,31)(H2,27,33,34). The van der Waals surface area contributed by atoms with Crippen LogP contribution in [0.15, 0.2) is 71.6 Å². The second-order valence-corrected chi connectivity index (χ2v) is 10.1. The van der Waals surface area contributed by atoms with E-state index >= 15 is 0 Å². The van der Waals surface area contributed by atoms with E-state index in [0.717, 1.165) is 5.56 Å². The smallest absolute Gasteiger partial charge is 0.294 e. The summed E-state index contributed by atoms with van der Waals surface area (Å²) in [6, 6.07) is 18.5. The molecule has 0 radical (unpaired) electrons. The Morgan fingerprint density at radius 2 is 1.71 bits per heavy atom. The summed E-state index contributed by atoms with van der Waals surface area (Å²) < 4.78 is 24.6. The summed E-state index contributed by atoms with van der Waals surface area (Å²) in [6.45, 7) is 0.343. The molecule has 0 aliphatic carbocycles. The Balaban J connectivity index is 1.51. The van der Waals surface area contributed by atoms with Gasteiger partial charge in [0.05, 0.1) is 11.3 Å². The van der Waals surface area contributed by atoms with Crippen molar-refractivity contribution >= 4 is 50.6 Å². The number of hydrogen-bond acceptors (Lipinski definition) is 5. The van der Waals surface area contributed by atoms with Gasteiger partial charge in [-0.3, -0.25) is 14.4 Å². The van der Waals surface area contributed by atoms with Gasteiger partial charge in [-0.05, 0) is 53.4 Å². The van der Waals surface area contributed by atoms with Gasteiger partial charge in [0.15, 0.2) is 0 Å². The van der Waals surface area contributed by atoms with Crippen LogP contribution < -0.4 is 15.4 Å². The SMILES string of the molecule is NS(=O)(=O)c1cc(NC(=O)Cc2ccccc2Cl)ccc1Cc1ccc(N2CCC(=O)C2=O)cc1. The molecular weight excluding hydrogens is 490 g/mol. The topological polar surface area (TPSA) is 127 Å². The van der Waals surface area contributed by atoms with Crippen LogP contribution in [0.2, 0.25) is 5.02 Å². The first-order valence-electron chi connectivity index (χ1n) is 10.7. The van der Waals surface area contributed by atoms with Crippen molar-refractivity contribution in [2.24, 2.45) is 5.14 Å². The second kappa shape index (κ2) is 9.99. The number of Topliss-reactive ketones (excluding diaryl/α,β-unsaturated/α-hetero) is 1. The number of halogens is 1. The normalized spacial score (nSPS) is 13.8. The molecule has 1 aliphatic heterocycles. The van der Waals surface area contributed by atoms with E-state index in [4.69, 9.17) is 16.7 Å². The minimum absolute atomic E-state index is 0.0313. The summed E-state index contributed by atoms with van der Waals surface area (Å²) in [5.74, 6) is -1.29. The fourth-order valence-electron chi connectivity index (χ4n) is 3.90. The lowest BCUT2D eigenvalue weighted by Crippen LogP contribution is -2.26. The van der Waals surface area contributed by atoms with Crippen LogP contribution in [0.1, 0.15) is 23.1 Å². The predicted molar refractivity (Wildman–Crippen MR) is 133 cm³/mol. The zero-order valence-electron chi connectivity index (χ0n) is 18.5. The van der Waals surface area contributed by atoms with Crippen molar-refractivity contribution in [1.82, 2.24) is 0 Å². The number of hydrogen-bond donors (Lipinski definition) is 2. The summed E-state index contributed by atoms with van der Waals surface area (Å²) in [4.78, 5) is 37.2. The quantitative estimate of drug-likeness (QED) is 0.471. The number of carbonyl (C=O) groups excluding carboxylic acids is 3. The van der Waals surface area contributed by atoms with Crippen LogP contribution in [0.5, 0.6) is 0 Å². The molecule has 180 valence electrons. The van der Waals surface area contributed by atoms with E-state index in [1.165, 1.54) is 11.0 Å². The van der Waals surface area contributed by atoms with E-state index in [1.807, 2.05) is 0 Å². The average molecular weight is 512 g/mol. The zero-order chi connectivity index (χ0) is 25.2. The van der Waals surface area contributed by atoms with Crippen LogP contribution in [0.4, 0.5) is 11.4 Å². The molecule has 0 bridgehead atoms. The van der Waals surface area contributed by atoms with Crippen LogP contribution in [-0.4, -0.2) is 32.6 Å². The molecule has 1 fully saturated rings. The maximum Gasteiger partial charge on any atom is 0.294 e. The van der Waals surface area contributed by atoms with Crippen molar-refractivity contribution in [2.45, 2.75) is 24.2 Å². The highest BCUT2D eigenvalue weighted by Gasteiger charge is 2.30. The first-order chi connectivity index (χ1) is 16.6. The largest absolute Gasteiger partial charge is 0.326 e. The minimum atomic E-state index is -4.07. The minimum Gasteiger partial charge on any atom is -0.326 e. The molecule has 10 heteroatoms. The lowest BCUT2D eigenvalue weighted by Gasteiger charge is -2.15. The molecule has 0 saturated carbocycles. The van der Waals surface area contributed by atoms with Gasteiger partial charge in [0.25, 0.3) is 5.91 Å². The maximum atomic E-state index is 12.5. The molecule has 1 aliphatic rings. The van der Waals surface area contributed by atoms with Crippen molar-refractivity contribution in [3.05, 3.63) is 88.4 Å². The number of nitrogens with zero attached hydrogens (tertiary/aromatic N) is 1. The summed E-state index contributed by atoms with van der Waals surface area (Å²) in [5, 5.41) is 8.61. The van der Waals surface area contributed by atoms with E-state index < -0.39 is 21.7 Å². The van der Waals surface area contributed by atoms with Gasteiger partial charge in [0, 0.05) is 29.4 Å². The summed E-state index contributed by atoms with van der Waals surface area (Å²) in [6.07, 6.45) is 0.482. The summed E-state index contributed by atoms with van der Waals surface area (Å²) in [5.41, 5.74) is 2.79. The molecule has 0 spiro atoms. The van der Waals surface area contributed by atoms with Crippen molar-refractivity contribution in [3.8, 4) is 0 Å². The van der Waals surface area contributed by atoms with Gasteiger partial charge in [-0.15, -0.1) is 0 Å². The molecule has 0 aromatic heterocycles.